The Kier molecular flexibility index (Phi) is 3.05. The van der Waals surface area contributed by atoms with Gasteiger partial charge in [0, 0.05) is 24.5 Å². The molecule has 0 amide bonds. The zero-order valence-corrected chi connectivity index (χ0v) is 8.81. The van der Waals surface area contributed by atoms with Gasteiger partial charge < -0.3 is 5.32 Å². The van der Waals surface area contributed by atoms with Crippen LogP contribution in [0.3, 0.4) is 0 Å². The Morgan fingerprint density at radius 2 is 2.19 bits per heavy atom. The van der Waals surface area contributed by atoms with Gasteiger partial charge in [0.25, 0.3) is 0 Å². The van der Waals surface area contributed by atoms with Crippen molar-refractivity contribution in [3.63, 3.8) is 0 Å². The Labute approximate surface area is 92.6 Å². The van der Waals surface area contributed by atoms with Crippen LogP contribution < -0.4 is 5.32 Å². The monoisotopic (exact) mass is 218 g/mol. The number of pyridine rings is 1. The quantitative estimate of drug-likeness (QED) is 0.857. The van der Waals surface area contributed by atoms with Gasteiger partial charge in [-0.05, 0) is 19.1 Å². The van der Waals surface area contributed by atoms with E-state index in [9.17, 15) is 4.39 Å². The number of aromatic nitrogens is 3. The molecule has 2 aromatic rings. The molecule has 0 saturated heterocycles. The highest BCUT2D eigenvalue weighted by Gasteiger charge is 2.06. The molecule has 0 unspecified atom stereocenters. The molecule has 0 aromatic carbocycles. The Morgan fingerprint density at radius 3 is 2.94 bits per heavy atom. The van der Waals surface area contributed by atoms with E-state index in [1.807, 2.05) is 6.92 Å². The van der Waals surface area contributed by atoms with Crippen molar-refractivity contribution in [3.8, 4) is 11.3 Å². The summed E-state index contributed by atoms with van der Waals surface area (Å²) in [5.74, 6) is 0.111. The first kappa shape index (κ1) is 10.5. The molecule has 82 valence electrons. The first-order valence-corrected chi connectivity index (χ1v) is 4.98. The number of nitrogens with one attached hydrogen (secondary N) is 1. The number of anilines is 1. The summed E-state index contributed by atoms with van der Waals surface area (Å²) in [6, 6.07) is 3.26. The summed E-state index contributed by atoms with van der Waals surface area (Å²) in [7, 11) is 0. The van der Waals surface area contributed by atoms with Gasteiger partial charge in [0.15, 0.2) is 5.82 Å². The minimum atomic E-state index is -0.386. The van der Waals surface area contributed by atoms with E-state index >= 15 is 0 Å². The number of halogens is 1. The fraction of sp³-hybridized carbons (Fsp3) is 0.182. The maximum atomic E-state index is 13.4. The van der Waals surface area contributed by atoms with Gasteiger partial charge in [-0.1, -0.05) is 0 Å². The molecule has 1 N–H and O–H groups in total. The van der Waals surface area contributed by atoms with Gasteiger partial charge in [-0.15, -0.1) is 0 Å². The Balaban J connectivity index is 2.40. The third kappa shape index (κ3) is 2.13. The van der Waals surface area contributed by atoms with Crippen LogP contribution in [0, 0.1) is 5.82 Å². The van der Waals surface area contributed by atoms with Crippen LogP contribution in [0.2, 0.25) is 0 Å². The van der Waals surface area contributed by atoms with Crippen molar-refractivity contribution in [2.75, 3.05) is 11.9 Å². The predicted molar refractivity (Wildman–Crippen MR) is 59.4 cm³/mol. The van der Waals surface area contributed by atoms with E-state index in [-0.39, 0.29) is 5.82 Å². The number of nitrogens with zero attached hydrogens (tertiary/aromatic N) is 3. The standard InChI is InChI=1S/C11H11FN4/c1-2-14-11-15-6-4-10(16-11)8-3-5-13-7-9(8)12/h3-7H,2H2,1H3,(H,14,15,16). The molecule has 2 heterocycles. The van der Waals surface area contributed by atoms with E-state index in [2.05, 4.69) is 20.3 Å². The highest BCUT2D eigenvalue weighted by atomic mass is 19.1. The van der Waals surface area contributed by atoms with Gasteiger partial charge in [-0.25, -0.2) is 14.4 Å². The molecular formula is C11H11FN4. The summed E-state index contributed by atoms with van der Waals surface area (Å²) in [5, 5.41) is 2.98. The van der Waals surface area contributed by atoms with Gasteiger partial charge in [-0.2, -0.15) is 0 Å². The van der Waals surface area contributed by atoms with Gasteiger partial charge in [-0.3, -0.25) is 4.98 Å². The molecule has 0 aliphatic carbocycles. The zero-order chi connectivity index (χ0) is 11.4. The molecule has 5 heteroatoms. The van der Waals surface area contributed by atoms with Crippen LogP contribution in [0.1, 0.15) is 6.92 Å². The third-order valence-electron chi connectivity index (χ3n) is 2.04. The number of hydrogen-bond acceptors (Lipinski definition) is 4. The summed E-state index contributed by atoms with van der Waals surface area (Å²) in [5.41, 5.74) is 0.974. The molecule has 0 fully saturated rings. The highest BCUT2D eigenvalue weighted by Crippen LogP contribution is 2.19. The second-order valence-electron chi connectivity index (χ2n) is 3.15. The lowest BCUT2D eigenvalue weighted by Crippen LogP contribution is -2.02. The summed E-state index contributed by atoms with van der Waals surface area (Å²) >= 11 is 0. The molecule has 0 radical (unpaired) electrons. The van der Waals surface area contributed by atoms with Crippen molar-refractivity contribution in [1.29, 1.82) is 0 Å². The summed E-state index contributed by atoms with van der Waals surface area (Å²) < 4.78 is 13.4. The van der Waals surface area contributed by atoms with Crippen molar-refractivity contribution >= 4 is 5.95 Å². The van der Waals surface area contributed by atoms with Crippen LogP contribution in [0.5, 0.6) is 0 Å². The molecule has 0 saturated carbocycles. The van der Waals surface area contributed by atoms with Crippen LogP contribution in [-0.4, -0.2) is 21.5 Å². The zero-order valence-electron chi connectivity index (χ0n) is 8.81. The lowest BCUT2D eigenvalue weighted by molar-refractivity contribution is 0.624. The maximum absolute atomic E-state index is 13.4. The molecular weight excluding hydrogens is 207 g/mol. The minimum Gasteiger partial charge on any atom is -0.354 e. The van der Waals surface area contributed by atoms with Crippen molar-refractivity contribution in [1.82, 2.24) is 15.0 Å². The average Bonchev–Trinajstić information content (AvgIpc) is 2.30. The SMILES string of the molecule is CCNc1nccc(-c2ccncc2F)n1. The largest absolute Gasteiger partial charge is 0.354 e. The Bertz CT molecular complexity index is 487. The Hall–Kier alpha value is -2.04. The number of hydrogen-bond donors (Lipinski definition) is 1. The van der Waals surface area contributed by atoms with Gasteiger partial charge in [0.2, 0.25) is 5.95 Å². The van der Waals surface area contributed by atoms with E-state index < -0.39 is 0 Å². The maximum Gasteiger partial charge on any atom is 0.223 e. The van der Waals surface area contributed by atoms with E-state index in [1.165, 1.54) is 12.4 Å². The molecule has 0 spiro atoms. The fourth-order valence-electron chi connectivity index (χ4n) is 1.33. The fourth-order valence-corrected chi connectivity index (χ4v) is 1.33. The topological polar surface area (TPSA) is 50.7 Å². The smallest absolute Gasteiger partial charge is 0.223 e. The molecule has 4 nitrogen and oxygen atoms in total. The van der Waals surface area contributed by atoms with Crippen LogP contribution in [0.4, 0.5) is 10.3 Å². The Morgan fingerprint density at radius 1 is 1.31 bits per heavy atom. The lowest BCUT2D eigenvalue weighted by atomic mass is 10.2. The van der Waals surface area contributed by atoms with Crippen LogP contribution >= 0.6 is 0 Å². The molecule has 0 bridgehead atoms. The summed E-state index contributed by atoms with van der Waals surface area (Å²) in [6.45, 7) is 2.67. The second kappa shape index (κ2) is 4.65. The van der Waals surface area contributed by atoms with Crippen molar-refractivity contribution in [2.45, 2.75) is 6.92 Å². The summed E-state index contributed by atoms with van der Waals surface area (Å²) in [6.07, 6.45) is 4.30. The second-order valence-corrected chi connectivity index (χ2v) is 3.15. The molecule has 2 aromatic heterocycles. The van der Waals surface area contributed by atoms with Crippen molar-refractivity contribution < 1.29 is 4.39 Å². The molecule has 2 rings (SSSR count). The van der Waals surface area contributed by atoms with E-state index in [1.54, 1.807) is 18.3 Å². The van der Waals surface area contributed by atoms with Gasteiger partial charge in [0.05, 0.1) is 11.9 Å². The molecule has 0 aliphatic heterocycles. The lowest BCUT2D eigenvalue weighted by Gasteiger charge is -2.04. The molecule has 0 atom stereocenters. The third-order valence-corrected chi connectivity index (χ3v) is 2.04. The van der Waals surface area contributed by atoms with Crippen LogP contribution in [0.15, 0.2) is 30.7 Å². The van der Waals surface area contributed by atoms with E-state index in [0.717, 1.165) is 6.54 Å². The van der Waals surface area contributed by atoms with E-state index in [4.69, 9.17) is 0 Å². The van der Waals surface area contributed by atoms with Crippen molar-refractivity contribution in [3.05, 3.63) is 36.5 Å². The van der Waals surface area contributed by atoms with E-state index in [0.29, 0.717) is 17.2 Å². The van der Waals surface area contributed by atoms with Gasteiger partial charge >= 0.3 is 0 Å². The van der Waals surface area contributed by atoms with Crippen LogP contribution in [-0.2, 0) is 0 Å². The first-order valence-electron chi connectivity index (χ1n) is 4.98. The predicted octanol–water partition coefficient (Wildman–Crippen LogP) is 2.11. The summed E-state index contributed by atoms with van der Waals surface area (Å²) in [4.78, 5) is 11.9. The average molecular weight is 218 g/mol. The highest BCUT2D eigenvalue weighted by molar-refractivity contribution is 5.59. The minimum absolute atomic E-state index is 0.386. The number of rotatable bonds is 3. The van der Waals surface area contributed by atoms with Gasteiger partial charge in [0.1, 0.15) is 0 Å². The first-order chi connectivity index (χ1) is 7.81. The normalized spacial score (nSPS) is 10.1. The van der Waals surface area contributed by atoms with Crippen molar-refractivity contribution in [2.24, 2.45) is 0 Å². The molecule has 16 heavy (non-hydrogen) atoms. The van der Waals surface area contributed by atoms with Crippen LogP contribution in [0.25, 0.3) is 11.3 Å². The molecule has 0 aliphatic rings.